The summed E-state index contributed by atoms with van der Waals surface area (Å²) in [4.78, 5) is 0. The first-order valence-electron chi connectivity index (χ1n) is 5.31. The average Bonchev–Trinajstić information content (AvgIpc) is 2.51. The van der Waals surface area contributed by atoms with Gasteiger partial charge in [-0.15, -0.1) is 0 Å². The fourth-order valence-corrected chi connectivity index (χ4v) is 2.97. The van der Waals surface area contributed by atoms with Gasteiger partial charge in [-0.3, -0.25) is 0 Å². The number of rotatable bonds is 2. The maximum Gasteiger partial charge on any atom is 0.181 e. The summed E-state index contributed by atoms with van der Waals surface area (Å²) >= 11 is 0. The average molecular weight is 200 g/mol. The number of aliphatic hydroxyl groups is 1. The van der Waals surface area contributed by atoms with Crippen LogP contribution in [0, 0.1) is 11.8 Å². The standard InChI is InChI=1S/C10H16O4/c1-6(11)4-7-9-8(5-12-9)10(7)13-2-3-14-10/h6-9,11H,2-5H2,1H3. The van der Waals surface area contributed by atoms with Crippen molar-refractivity contribution in [3.8, 4) is 0 Å². The Hall–Kier alpha value is -0.160. The van der Waals surface area contributed by atoms with Gasteiger partial charge >= 0.3 is 0 Å². The molecule has 4 atom stereocenters. The van der Waals surface area contributed by atoms with Crippen molar-refractivity contribution >= 4 is 0 Å². The van der Waals surface area contributed by atoms with Gasteiger partial charge in [0.25, 0.3) is 0 Å². The van der Waals surface area contributed by atoms with E-state index in [4.69, 9.17) is 14.2 Å². The minimum absolute atomic E-state index is 0.226. The third-order valence-corrected chi connectivity index (χ3v) is 3.63. The van der Waals surface area contributed by atoms with Crippen LogP contribution in [0.5, 0.6) is 0 Å². The molecule has 14 heavy (non-hydrogen) atoms. The van der Waals surface area contributed by atoms with Crippen molar-refractivity contribution in [2.24, 2.45) is 11.8 Å². The molecule has 4 unspecified atom stereocenters. The normalized spacial score (nSPS) is 45.4. The Labute approximate surface area is 83.1 Å². The zero-order valence-corrected chi connectivity index (χ0v) is 8.31. The minimum Gasteiger partial charge on any atom is -0.393 e. The van der Waals surface area contributed by atoms with E-state index in [1.807, 2.05) is 0 Å². The van der Waals surface area contributed by atoms with Gasteiger partial charge in [0, 0.05) is 5.92 Å². The molecule has 4 nitrogen and oxygen atoms in total. The summed E-state index contributed by atoms with van der Waals surface area (Å²) in [5.74, 6) is 0.234. The van der Waals surface area contributed by atoms with Crippen LogP contribution in [-0.4, -0.2) is 42.9 Å². The first-order valence-corrected chi connectivity index (χ1v) is 5.31. The van der Waals surface area contributed by atoms with Crippen LogP contribution < -0.4 is 0 Å². The zero-order chi connectivity index (χ0) is 9.76. The zero-order valence-electron chi connectivity index (χ0n) is 8.31. The SMILES string of the molecule is CC(O)CC1C2OCC2C12OCCO2. The Balaban J connectivity index is 1.75. The molecule has 0 radical (unpaired) electrons. The van der Waals surface area contributed by atoms with Crippen molar-refractivity contribution in [2.45, 2.75) is 31.3 Å². The van der Waals surface area contributed by atoms with Crippen LogP contribution in [0.4, 0.5) is 0 Å². The molecule has 2 aliphatic heterocycles. The fraction of sp³-hybridized carbons (Fsp3) is 1.00. The summed E-state index contributed by atoms with van der Waals surface area (Å²) < 4.78 is 16.9. The fourth-order valence-electron chi connectivity index (χ4n) is 2.97. The minimum atomic E-state index is -0.403. The summed E-state index contributed by atoms with van der Waals surface area (Å²) in [7, 11) is 0. The van der Waals surface area contributed by atoms with Crippen molar-refractivity contribution in [3.63, 3.8) is 0 Å². The topological polar surface area (TPSA) is 47.9 Å². The Bertz CT molecular complexity index is 234. The Morgan fingerprint density at radius 2 is 2.14 bits per heavy atom. The van der Waals surface area contributed by atoms with Crippen molar-refractivity contribution < 1.29 is 19.3 Å². The highest BCUT2D eigenvalue weighted by atomic mass is 16.8. The lowest BCUT2D eigenvalue weighted by atomic mass is 9.60. The van der Waals surface area contributed by atoms with Gasteiger partial charge in [-0.25, -0.2) is 0 Å². The molecular weight excluding hydrogens is 184 g/mol. The molecule has 0 bridgehead atoms. The van der Waals surface area contributed by atoms with Crippen LogP contribution >= 0.6 is 0 Å². The van der Waals surface area contributed by atoms with E-state index in [-0.39, 0.29) is 18.1 Å². The molecule has 0 aromatic carbocycles. The molecule has 1 aliphatic carbocycles. The molecule has 3 fully saturated rings. The highest BCUT2D eigenvalue weighted by Gasteiger charge is 2.70. The maximum absolute atomic E-state index is 9.39. The first-order chi connectivity index (χ1) is 6.74. The molecule has 0 aromatic rings. The summed E-state index contributed by atoms with van der Waals surface area (Å²) in [6.07, 6.45) is 0.666. The van der Waals surface area contributed by atoms with Crippen molar-refractivity contribution in [2.75, 3.05) is 19.8 Å². The van der Waals surface area contributed by atoms with Crippen LogP contribution in [-0.2, 0) is 14.2 Å². The monoisotopic (exact) mass is 200 g/mol. The summed E-state index contributed by atoms with van der Waals surface area (Å²) in [5, 5.41) is 9.39. The van der Waals surface area contributed by atoms with Crippen LogP contribution in [0.3, 0.4) is 0 Å². The van der Waals surface area contributed by atoms with Gasteiger partial charge < -0.3 is 19.3 Å². The molecule has 0 aromatic heterocycles. The van der Waals surface area contributed by atoms with Gasteiger partial charge in [0.05, 0.1) is 37.9 Å². The largest absolute Gasteiger partial charge is 0.393 e. The molecule has 1 N–H and O–H groups in total. The predicted molar refractivity (Wildman–Crippen MR) is 47.7 cm³/mol. The molecule has 80 valence electrons. The molecule has 1 saturated carbocycles. The van der Waals surface area contributed by atoms with Crippen LogP contribution in [0.15, 0.2) is 0 Å². The second-order valence-corrected chi connectivity index (χ2v) is 4.51. The van der Waals surface area contributed by atoms with Gasteiger partial charge in [-0.05, 0) is 13.3 Å². The third kappa shape index (κ3) is 0.972. The van der Waals surface area contributed by atoms with Crippen molar-refractivity contribution in [3.05, 3.63) is 0 Å². The van der Waals surface area contributed by atoms with Gasteiger partial charge in [-0.1, -0.05) is 0 Å². The molecule has 2 saturated heterocycles. The Morgan fingerprint density at radius 3 is 2.64 bits per heavy atom. The molecular formula is C10H16O4. The number of hydrogen-bond acceptors (Lipinski definition) is 4. The van der Waals surface area contributed by atoms with Gasteiger partial charge in [-0.2, -0.15) is 0 Å². The van der Waals surface area contributed by atoms with E-state index in [0.29, 0.717) is 25.6 Å². The molecule has 4 heteroatoms. The molecule has 3 aliphatic rings. The maximum atomic E-state index is 9.39. The molecule has 2 heterocycles. The lowest BCUT2D eigenvalue weighted by Crippen LogP contribution is -2.74. The van der Waals surface area contributed by atoms with Crippen LogP contribution in [0.2, 0.25) is 0 Å². The van der Waals surface area contributed by atoms with E-state index in [1.54, 1.807) is 6.92 Å². The van der Waals surface area contributed by atoms with E-state index in [1.165, 1.54) is 0 Å². The van der Waals surface area contributed by atoms with E-state index in [9.17, 15) is 5.11 Å². The van der Waals surface area contributed by atoms with Gasteiger partial charge in [0.15, 0.2) is 5.79 Å². The lowest BCUT2D eigenvalue weighted by Gasteiger charge is -2.63. The van der Waals surface area contributed by atoms with E-state index in [2.05, 4.69) is 0 Å². The van der Waals surface area contributed by atoms with Crippen LogP contribution in [0.1, 0.15) is 13.3 Å². The third-order valence-electron chi connectivity index (χ3n) is 3.63. The molecule has 1 spiro atoms. The summed E-state index contributed by atoms with van der Waals surface area (Å²) in [6.45, 7) is 3.91. The quantitative estimate of drug-likeness (QED) is 0.689. The van der Waals surface area contributed by atoms with E-state index in [0.717, 1.165) is 6.61 Å². The molecule has 0 amide bonds. The highest BCUT2D eigenvalue weighted by molar-refractivity contribution is 5.12. The number of fused-ring (bicyclic) bond motifs is 2. The smallest absolute Gasteiger partial charge is 0.181 e. The number of aliphatic hydroxyl groups excluding tert-OH is 1. The Kier molecular flexibility index (Phi) is 1.89. The van der Waals surface area contributed by atoms with Crippen LogP contribution in [0.25, 0.3) is 0 Å². The summed E-state index contributed by atoms with van der Waals surface area (Å²) in [6, 6.07) is 0. The van der Waals surface area contributed by atoms with E-state index < -0.39 is 5.79 Å². The molecule has 3 rings (SSSR count). The van der Waals surface area contributed by atoms with Crippen molar-refractivity contribution in [1.82, 2.24) is 0 Å². The number of hydrogen-bond donors (Lipinski definition) is 1. The van der Waals surface area contributed by atoms with Gasteiger partial charge in [0.1, 0.15) is 0 Å². The van der Waals surface area contributed by atoms with Crippen molar-refractivity contribution in [1.29, 1.82) is 0 Å². The van der Waals surface area contributed by atoms with E-state index >= 15 is 0 Å². The summed E-state index contributed by atoms with van der Waals surface area (Å²) in [5.41, 5.74) is 0. The lowest BCUT2D eigenvalue weighted by molar-refractivity contribution is -0.405. The first kappa shape index (κ1) is 9.09. The van der Waals surface area contributed by atoms with Gasteiger partial charge in [0.2, 0.25) is 0 Å². The second kappa shape index (κ2) is 2.92. The number of ether oxygens (including phenoxy) is 3. The Morgan fingerprint density at radius 1 is 1.43 bits per heavy atom. The second-order valence-electron chi connectivity index (χ2n) is 4.51. The predicted octanol–water partition coefficient (Wildman–Crippen LogP) is 0.145. The highest BCUT2D eigenvalue weighted by Crippen LogP contribution is 2.58.